The van der Waals surface area contributed by atoms with E-state index in [1.165, 1.54) is 30.3 Å². The third-order valence-corrected chi connectivity index (χ3v) is 7.05. The van der Waals surface area contributed by atoms with E-state index in [0.29, 0.717) is 5.56 Å². The quantitative estimate of drug-likeness (QED) is 0.383. The Morgan fingerprint density at radius 3 is 1.91 bits per heavy atom. The highest BCUT2D eigenvalue weighted by Gasteiger charge is 2.32. The van der Waals surface area contributed by atoms with Gasteiger partial charge in [-0.15, -0.1) is 0 Å². The predicted molar refractivity (Wildman–Crippen MR) is 131 cm³/mol. The molecule has 0 bridgehead atoms. The first kappa shape index (κ1) is 22.2. The summed E-state index contributed by atoms with van der Waals surface area (Å²) in [6.07, 6.45) is 0. The van der Waals surface area contributed by atoms with Gasteiger partial charge in [0.05, 0.1) is 27.4 Å². The Kier molecular flexibility index (Phi) is 5.50. The number of sulfonamides is 1. The molecule has 1 amide bonds. The third-order valence-electron chi connectivity index (χ3n) is 5.67. The van der Waals surface area contributed by atoms with Crippen molar-refractivity contribution in [2.45, 2.75) is 4.90 Å². The number of carbonyl (C=O) groups excluding carboxylic acids is 3. The molecule has 35 heavy (non-hydrogen) atoms. The molecule has 0 radical (unpaired) electrons. The standard InChI is InChI=1S/C27H18N2O5S/c30-25-18-11-4-5-12-19(18)26(31)24-21(25)14-8-16-23(24)28-27(32)20-13-6-7-15-22(20)29-35(33,34)17-9-2-1-3-10-17/h1-16,29H,(H,28,32). The summed E-state index contributed by atoms with van der Waals surface area (Å²) >= 11 is 0. The minimum Gasteiger partial charge on any atom is -0.321 e. The van der Waals surface area contributed by atoms with Crippen LogP contribution in [0.5, 0.6) is 0 Å². The fraction of sp³-hybridized carbons (Fsp3) is 0. The van der Waals surface area contributed by atoms with Crippen molar-refractivity contribution < 1.29 is 22.8 Å². The molecule has 4 aromatic carbocycles. The molecule has 0 atom stereocenters. The average molecular weight is 483 g/mol. The van der Waals surface area contributed by atoms with Gasteiger partial charge in [0.15, 0.2) is 11.6 Å². The van der Waals surface area contributed by atoms with E-state index in [-0.39, 0.29) is 50.1 Å². The lowest BCUT2D eigenvalue weighted by atomic mass is 9.83. The molecule has 1 aliphatic carbocycles. The van der Waals surface area contributed by atoms with Crippen LogP contribution in [0.25, 0.3) is 0 Å². The van der Waals surface area contributed by atoms with Crippen LogP contribution in [0, 0.1) is 0 Å². The number of hydrogen-bond donors (Lipinski definition) is 2. The Labute approximate surface area is 201 Å². The fourth-order valence-corrected chi connectivity index (χ4v) is 5.11. The van der Waals surface area contributed by atoms with Crippen LogP contribution in [0.2, 0.25) is 0 Å². The highest BCUT2D eigenvalue weighted by atomic mass is 32.2. The summed E-state index contributed by atoms with van der Waals surface area (Å²) in [4.78, 5) is 39.5. The van der Waals surface area contributed by atoms with E-state index in [2.05, 4.69) is 10.0 Å². The zero-order valence-electron chi connectivity index (χ0n) is 18.2. The number of ketones is 2. The van der Waals surface area contributed by atoms with Gasteiger partial charge in [-0.25, -0.2) is 8.42 Å². The van der Waals surface area contributed by atoms with Crippen LogP contribution in [-0.2, 0) is 10.0 Å². The van der Waals surface area contributed by atoms with Crippen LogP contribution in [0.15, 0.2) is 102 Å². The zero-order chi connectivity index (χ0) is 24.6. The lowest BCUT2D eigenvalue weighted by molar-refractivity contribution is 0.0978. The van der Waals surface area contributed by atoms with Gasteiger partial charge in [0.2, 0.25) is 0 Å². The SMILES string of the molecule is O=C(Nc1cccc2c1C(=O)c1ccccc1C2=O)c1ccccc1NS(=O)(=O)c1ccccc1. The first-order valence-corrected chi connectivity index (χ1v) is 12.1. The number of benzene rings is 4. The van der Waals surface area contributed by atoms with Crippen molar-refractivity contribution in [3.63, 3.8) is 0 Å². The molecule has 172 valence electrons. The summed E-state index contributed by atoms with van der Waals surface area (Å²) in [5.74, 6) is -1.31. The first-order chi connectivity index (χ1) is 16.9. The van der Waals surface area contributed by atoms with Gasteiger partial charge >= 0.3 is 0 Å². The molecule has 0 fully saturated rings. The van der Waals surface area contributed by atoms with Gasteiger partial charge in [0.1, 0.15) is 0 Å². The van der Waals surface area contributed by atoms with E-state index < -0.39 is 15.9 Å². The Morgan fingerprint density at radius 2 is 1.17 bits per heavy atom. The molecule has 1 aliphatic rings. The minimum atomic E-state index is -3.93. The van der Waals surface area contributed by atoms with Gasteiger partial charge in [0.25, 0.3) is 15.9 Å². The van der Waals surface area contributed by atoms with E-state index in [0.717, 1.165) is 0 Å². The molecule has 7 nitrogen and oxygen atoms in total. The highest BCUT2D eigenvalue weighted by molar-refractivity contribution is 7.92. The van der Waals surface area contributed by atoms with Crippen LogP contribution in [0.4, 0.5) is 11.4 Å². The van der Waals surface area contributed by atoms with E-state index in [1.54, 1.807) is 66.7 Å². The molecule has 0 spiro atoms. The Balaban J connectivity index is 1.49. The number of fused-ring (bicyclic) bond motifs is 2. The normalized spacial score (nSPS) is 12.5. The van der Waals surface area contributed by atoms with Crippen LogP contribution in [0.1, 0.15) is 42.2 Å². The monoisotopic (exact) mass is 482 g/mol. The van der Waals surface area contributed by atoms with Crippen molar-refractivity contribution >= 4 is 38.9 Å². The second kappa shape index (κ2) is 8.66. The molecule has 0 unspecified atom stereocenters. The molecule has 4 aromatic rings. The van der Waals surface area contributed by atoms with Crippen LogP contribution in [-0.4, -0.2) is 25.9 Å². The van der Waals surface area contributed by atoms with Crippen molar-refractivity contribution in [1.82, 2.24) is 0 Å². The second-order valence-electron chi connectivity index (χ2n) is 7.85. The Morgan fingerprint density at radius 1 is 0.600 bits per heavy atom. The predicted octanol–water partition coefficient (Wildman–Crippen LogP) is 4.52. The van der Waals surface area contributed by atoms with Crippen molar-refractivity contribution in [3.05, 3.63) is 125 Å². The molecular formula is C27H18N2O5S. The highest BCUT2D eigenvalue weighted by Crippen LogP contribution is 2.32. The lowest BCUT2D eigenvalue weighted by Gasteiger charge is -2.20. The second-order valence-corrected chi connectivity index (χ2v) is 9.53. The van der Waals surface area contributed by atoms with Crippen molar-refractivity contribution in [1.29, 1.82) is 0 Å². The largest absolute Gasteiger partial charge is 0.321 e. The molecule has 0 heterocycles. The number of anilines is 2. The number of nitrogens with one attached hydrogen (secondary N) is 2. The Bertz CT molecular complexity index is 1610. The van der Waals surface area contributed by atoms with Crippen LogP contribution in [0.3, 0.4) is 0 Å². The molecule has 0 saturated heterocycles. The first-order valence-electron chi connectivity index (χ1n) is 10.7. The molecule has 8 heteroatoms. The minimum absolute atomic E-state index is 0.0510. The van der Waals surface area contributed by atoms with Gasteiger partial charge in [-0.3, -0.25) is 19.1 Å². The smallest absolute Gasteiger partial charge is 0.261 e. The van der Waals surface area contributed by atoms with Crippen molar-refractivity contribution in [3.8, 4) is 0 Å². The van der Waals surface area contributed by atoms with Crippen LogP contribution >= 0.6 is 0 Å². The third kappa shape index (κ3) is 4.00. The molecular weight excluding hydrogens is 464 g/mol. The Hall–Kier alpha value is -4.56. The summed E-state index contributed by atoms with van der Waals surface area (Å²) in [6, 6.07) is 25.1. The topological polar surface area (TPSA) is 109 Å². The zero-order valence-corrected chi connectivity index (χ0v) is 19.0. The lowest BCUT2D eigenvalue weighted by Crippen LogP contribution is -2.24. The summed E-state index contributed by atoms with van der Waals surface area (Å²) in [5.41, 5.74) is 1.18. The van der Waals surface area contributed by atoms with Gasteiger partial charge in [-0.2, -0.15) is 0 Å². The van der Waals surface area contributed by atoms with E-state index in [4.69, 9.17) is 0 Å². The maximum absolute atomic E-state index is 13.2. The maximum atomic E-state index is 13.2. The molecule has 2 N–H and O–H groups in total. The number of hydrogen-bond acceptors (Lipinski definition) is 5. The summed E-state index contributed by atoms with van der Waals surface area (Å²) in [6.45, 7) is 0. The number of rotatable bonds is 5. The summed E-state index contributed by atoms with van der Waals surface area (Å²) < 4.78 is 28.0. The molecule has 0 aliphatic heterocycles. The van der Waals surface area contributed by atoms with E-state index in [1.807, 2.05) is 0 Å². The van der Waals surface area contributed by atoms with Crippen molar-refractivity contribution in [2.75, 3.05) is 10.0 Å². The summed E-state index contributed by atoms with van der Waals surface area (Å²) in [7, 11) is -3.93. The molecule has 0 saturated carbocycles. The maximum Gasteiger partial charge on any atom is 0.261 e. The van der Waals surface area contributed by atoms with E-state index in [9.17, 15) is 22.8 Å². The molecule has 5 rings (SSSR count). The molecule has 0 aromatic heterocycles. The van der Waals surface area contributed by atoms with Gasteiger partial charge < -0.3 is 5.32 Å². The number of carbonyl (C=O) groups is 3. The van der Waals surface area contributed by atoms with Crippen LogP contribution < -0.4 is 10.0 Å². The van der Waals surface area contributed by atoms with E-state index >= 15 is 0 Å². The van der Waals surface area contributed by atoms with Gasteiger partial charge in [-0.05, 0) is 30.3 Å². The number of para-hydroxylation sites is 1. The van der Waals surface area contributed by atoms with Crippen molar-refractivity contribution in [2.24, 2.45) is 0 Å². The number of amides is 1. The summed E-state index contributed by atoms with van der Waals surface area (Å²) in [5, 5.41) is 2.69. The fourth-order valence-electron chi connectivity index (χ4n) is 4.01. The van der Waals surface area contributed by atoms with Gasteiger partial charge in [0, 0.05) is 16.7 Å². The van der Waals surface area contributed by atoms with Gasteiger partial charge in [-0.1, -0.05) is 66.7 Å². The average Bonchev–Trinajstić information content (AvgIpc) is 2.88.